The van der Waals surface area contributed by atoms with Crippen LogP contribution in [-0.4, -0.2) is 39.6 Å². The highest BCUT2D eigenvalue weighted by molar-refractivity contribution is 7.11. The molecule has 1 fully saturated rings. The van der Waals surface area contributed by atoms with Crippen LogP contribution in [0.2, 0.25) is 0 Å². The van der Waals surface area contributed by atoms with E-state index in [2.05, 4.69) is 9.97 Å². The molecule has 6 heteroatoms. The minimum atomic E-state index is -0.0376. The third-order valence-corrected chi connectivity index (χ3v) is 5.46. The maximum Gasteiger partial charge on any atom is 0.254 e. The molecule has 0 unspecified atom stereocenters. The van der Waals surface area contributed by atoms with Gasteiger partial charge < -0.3 is 4.90 Å². The van der Waals surface area contributed by atoms with E-state index in [0.29, 0.717) is 36.5 Å². The van der Waals surface area contributed by atoms with Crippen LogP contribution in [0.4, 0.5) is 0 Å². The van der Waals surface area contributed by atoms with Crippen LogP contribution in [0.25, 0.3) is 10.9 Å². The molecule has 0 atom stereocenters. The van der Waals surface area contributed by atoms with Crippen molar-refractivity contribution < 1.29 is 9.59 Å². The number of likely N-dealkylation sites (tertiary alicyclic amines) is 1. The van der Waals surface area contributed by atoms with Gasteiger partial charge in [0.15, 0.2) is 10.8 Å². The number of thiazole rings is 1. The number of carbonyl (C=O) groups excluding carboxylic acids is 2. The fourth-order valence-electron chi connectivity index (χ4n) is 3.32. The van der Waals surface area contributed by atoms with Crippen molar-refractivity contribution in [1.82, 2.24) is 14.9 Å². The predicted octanol–water partition coefficient (Wildman–Crippen LogP) is 3.43. The Balaban J connectivity index is 1.49. The fourth-order valence-corrected chi connectivity index (χ4v) is 3.98. The lowest BCUT2D eigenvalue weighted by Gasteiger charge is -2.31. The normalized spacial score (nSPS) is 15.4. The molecule has 0 bridgehead atoms. The minimum absolute atomic E-state index is 0.0127. The first-order chi connectivity index (χ1) is 12.2. The SMILES string of the molecule is O=C(c1nccs1)C1CCN(C(=O)c2cccc3ncccc23)CC1. The maximum absolute atomic E-state index is 12.9. The average molecular weight is 351 g/mol. The van der Waals surface area contributed by atoms with E-state index in [-0.39, 0.29) is 17.6 Å². The highest BCUT2D eigenvalue weighted by Crippen LogP contribution is 2.25. The summed E-state index contributed by atoms with van der Waals surface area (Å²) in [5, 5.41) is 3.27. The van der Waals surface area contributed by atoms with Crippen molar-refractivity contribution in [1.29, 1.82) is 0 Å². The number of rotatable bonds is 3. The number of nitrogens with zero attached hydrogens (tertiary/aromatic N) is 3. The maximum atomic E-state index is 12.9. The van der Waals surface area contributed by atoms with Crippen molar-refractivity contribution in [2.75, 3.05) is 13.1 Å². The summed E-state index contributed by atoms with van der Waals surface area (Å²) >= 11 is 1.38. The van der Waals surface area contributed by atoms with Gasteiger partial charge in [0.2, 0.25) is 0 Å². The number of hydrogen-bond acceptors (Lipinski definition) is 5. The Morgan fingerprint density at radius 3 is 2.64 bits per heavy atom. The number of fused-ring (bicyclic) bond motifs is 1. The highest BCUT2D eigenvalue weighted by atomic mass is 32.1. The average Bonchev–Trinajstić information content (AvgIpc) is 3.21. The second kappa shape index (κ2) is 6.72. The Kier molecular flexibility index (Phi) is 4.28. The third-order valence-electron chi connectivity index (χ3n) is 4.67. The molecule has 1 aromatic carbocycles. The summed E-state index contributed by atoms with van der Waals surface area (Å²) in [6.45, 7) is 1.19. The number of piperidine rings is 1. The Labute approximate surface area is 149 Å². The second-order valence-corrected chi connectivity index (χ2v) is 7.04. The van der Waals surface area contributed by atoms with Crippen molar-refractivity contribution in [2.45, 2.75) is 12.8 Å². The number of aromatic nitrogens is 2. The van der Waals surface area contributed by atoms with Crippen LogP contribution in [0.15, 0.2) is 48.1 Å². The molecule has 25 heavy (non-hydrogen) atoms. The summed E-state index contributed by atoms with van der Waals surface area (Å²) in [4.78, 5) is 35.6. The van der Waals surface area contributed by atoms with E-state index in [9.17, 15) is 9.59 Å². The molecule has 1 aliphatic heterocycles. The van der Waals surface area contributed by atoms with Crippen LogP contribution in [0.1, 0.15) is 33.0 Å². The molecule has 1 amide bonds. The van der Waals surface area contributed by atoms with Crippen LogP contribution < -0.4 is 0 Å². The summed E-state index contributed by atoms with van der Waals surface area (Å²) < 4.78 is 0. The number of benzene rings is 1. The topological polar surface area (TPSA) is 63.2 Å². The van der Waals surface area contributed by atoms with Crippen molar-refractivity contribution >= 4 is 33.9 Å². The fraction of sp³-hybridized carbons (Fsp3) is 0.263. The molecule has 0 saturated carbocycles. The van der Waals surface area contributed by atoms with Gasteiger partial charge in [0.05, 0.1) is 5.52 Å². The third kappa shape index (κ3) is 3.05. The standard InChI is InChI=1S/C19H17N3O2S/c23-17(18-21-9-12-25-18)13-6-10-22(11-7-13)19(24)15-3-1-5-16-14(15)4-2-8-20-16/h1-5,8-9,12-13H,6-7,10-11H2. The quantitative estimate of drug-likeness (QED) is 0.678. The lowest BCUT2D eigenvalue weighted by atomic mass is 9.92. The van der Waals surface area contributed by atoms with Crippen LogP contribution in [0.3, 0.4) is 0 Å². The molecule has 1 aliphatic rings. The largest absolute Gasteiger partial charge is 0.339 e. The van der Waals surface area contributed by atoms with Gasteiger partial charge in [0.25, 0.3) is 5.91 Å². The van der Waals surface area contributed by atoms with Gasteiger partial charge in [-0.25, -0.2) is 4.98 Å². The molecule has 0 spiro atoms. The number of Topliss-reactive ketones (excluding diaryl/α,β-unsaturated/α-hetero) is 1. The zero-order valence-electron chi connectivity index (χ0n) is 13.6. The molecule has 126 valence electrons. The van der Waals surface area contributed by atoms with E-state index in [1.54, 1.807) is 12.4 Å². The van der Waals surface area contributed by atoms with Gasteiger partial charge in [-0.05, 0) is 31.0 Å². The van der Waals surface area contributed by atoms with Gasteiger partial charge in [-0.3, -0.25) is 14.6 Å². The van der Waals surface area contributed by atoms with Crippen LogP contribution in [0, 0.1) is 5.92 Å². The summed E-state index contributed by atoms with van der Waals surface area (Å²) in [6.07, 6.45) is 4.76. The molecule has 4 rings (SSSR count). The Morgan fingerprint density at radius 2 is 1.88 bits per heavy atom. The molecule has 1 saturated heterocycles. The van der Waals surface area contributed by atoms with Gasteiger partial charge in [-0.2, -0.15) is 0 Å². The summed E-state index contributed by atoms with van der Waals surface area (Å²) in [7, 11) is 0. The first-order valence-electron chi connectivity index (χ1n) is 8.31. The molecule has 0 aliphatic carbocycles. The van der Waals surface area contributed by atoms with Crippen molar-refractivity contribution in [3.8, 4) is 0 Å². The Morgan fingerprint density at radius 1 is 1.04 bits per heavy atom. The van der Waals surface area contributed by atoms with E-state index in [4.69, 9.17) is 0 Å². The molecule has 0 radical (unpaired) electrons. The predicted molar refractivity (Wildman–Crippen MR) is 96.8 cm³/mol. The lowest BCUT2D eigenvalue weighted by molar-refractivity contribution is 0.0652. The van der Waals surface area contributed by atoms with E-state index < -0.39 is 0 Å². The van der Waals surface area contributed by atoms with E-state index in [1.165, 1.54) is 11.3 Å². The van der Waals surface area contributed by atoms with Crippen LogP contribution in [-0.2, 0) is 0 Å². The lowest BCUT2D eigenvalue weighted by Crippen LogP contribution is -2.40. The molecular weight excluding hydrogens is 334 g/mol. The molecule has 5 nitrogen and oxygen atoms in total. The minimum Gasteiger partial charge on any atom is -0.339 e. The highest BCUT2D eigenvalue weighted by Gasteiger charge is 2.29. The van der Waals surface area contributed by atoms with Gasteiger partial charge in [0.1, 0.15) is 0 Å². The van der Waals surface area contributed by atoms with E-state index in [1.807, 2.05) is 40.6 Å². The van der Waals surface area contributed by atoms with Crippen molar-refractivity contribution in [3.63, 3.8) is 0 Å². The first kappa shape index (κ1) is 15.9. The molecule has 0 N–H and O–H groups in total. The van der Waals surface area contributed by atoms with Crippen LogP contribution >= 0.6 is 11.3 Å². The zero-order chi connectivity index (χ0) is 17.2. The molecule has 3 heterocycles. The first-order valence-corrected chi connectivity index (χ1v) is 9.19. The van der Waals surface area contributed by atoms with Crippen molar-refractivity contribution in [2.24, 2.45) is 5.92 Å². The van der Waals surface area contributed by atoms with E-state index in [0.717, 1.165) is 10.9 Å². The molecular formula is C19H17N3O2S. The van der Waals surface area contributed by atoms with Gasteiger partial charge in [-0.15, -0.1) is 11.3 Å². The zero-order valence-corrected chi connectivity index (χ0v) is 14.4. The smallest absolute Gasteiger partial charge is 0.254 e. The van der Waals surface area contributed by atoms with Crippen molar-refractivity contribution in [3.05, 3.63) is 58.7 Å². The molecule has 2 aromatic heterocycles. The second-order valence-electron chi connectivity index (χ2n) is 6.14. The van der Waals surface area contributed by atoms with Crippen LogP contribution in [0.5, 0.6) is 0 Å². The summed E-state index contributed by atoms with van der Waals surface area (Å²) in [5.74, 6) is 0.0830. The number of carbonyl (C=O) groups is 2. The Hall–Kier alpha value is -2.60. The Bertz CT molecular complexity index is 910. The van der Waals surface area contributed by atoms with Gasteiger partial charge >= 0.3 is 0 Å². The monoisotopic (exact) mass is 351 g/mol. The van der Waals surface area contributed by atoms with E-state index >= 15 is 0 Å². The summed E-state index contributed by atoms with van der Waals surface area (Å²) in [5.41, 5.74) is 1.50. The number of ketones is 1. The van der Waals surface area contributed by atoms with Gasteiger partial charge in [-0.1, -0.05) is 12.1 Å². The number of pyridine rings is 1. The number of amides is 1. The molecule has 3 aromatic rings. The van der Waals surface area contributed by atoms with Gasteiger partial charge in [0, 0.05) is 47.7 Å². The number of hydrogen-bond donors (Lipinski definition) is 0. The summed E-state index contributed by atoms with van der Waals surface area (Å²) in [6, 6.07) is 9.39.